The fraction of sp³-hybridized carbons (Fsp3) is 0.294. The Morgan fingerprint density at radius 3 is 2.20 bits per heavy atom. The quantitative estimate of drug-likeness (QED) is 0.763. The molecule has 0 saturated carbocycles. The highest BCUT2D eigenvalue weighted by Gasteiger charge is 2.15. The molecule has 0 aliphatic heterocycles. The van der Waals surface area contributed by atoms with Gasteiger partial charge in [-0.3, -0.25) is 0 Å². The van der Waals surface area contributed by atoms with Crippen molar-refractivity contribution >= 4 is 11.6 Å². The number of methoxy groups -OCH3 is 2. The molecule has 0 aromatic heterocycles. The van der Waals surface area contributed by atoms with E-state index in [1.807, 2.05) is 18.2 Å². The maximum atomic E-state index is 6.62. The molecule has 2 rings (SSSR count). The summed E-state index contributed by atoms with van der Waals surface area (Å²) in [5, 5.41) is -0.199. The van der Waals surface area contributed by atoms with Crippen LogP contribution in [0, 0.1) is 13.8 Å². The van der Waals surface area contributed by atoms with Gasteiger partial charge in [0.25, 0.3) is 0 Å². The second-order valence-corrected chi connectivity index (χ2v) is 5.27. The van der Waals surface area contributed by atoms with Gasteiger partial charge >= 0.3 is 0 Å². The summed E-state index contributed by atoms with van der Waals surface area (Å²) >= 11 is 6.62. The van der Waals surface area contributed by atoms with Crippen molar-refractivity contribution in [1.82, 2.24) is 0 Å². The van der Waals surface area contributed by atoms with E-state index in [2.05, 4.69) is 32.0 Å². The molecule has 0 saturated heterocycles. The minimum Gasteiger partial charge on any atom is -0.493 e. The van der Waals surface area contributed by atoms with Crippen molar-refractivity contribution in [2.75, 3.05) is 14.2 Å². The molecule has 0 amide bonds. The van der Waals surface area contributed by atoms with Crippen LogP contribution >= 0.6 is 11.6 Å². The van der Waals surface area contributed by atoms with E-state index < -0.39 is 0 Å². The molecule has 0 radical (unpaired) electrons. The van der Waals surface area contributed by atoms with E-state index in [0.717, 1.165) is 11.1 Å². The third-order valence-corrected chi connectivity index (χ3v) is 3.89. The van der Waals surface area contributed by atoms with Gasteiger partial charge in [0.15, 0.2) is 11.5 Å². The minimum atomic E-state index is -0.199. The average Bonchev–Trinajstić information content (AvgIpc) is 2.45. The predicted molar refractivity (Wildman–Crippen MR) is 83.2 cm³/mol. The highest BCUT2D eigenvalue weighted by atomic mass is 35.5. The summed E-state index contributed by atoms with van der Waals surface area (Å²) in [5.41, 5.74) is 4.54. The highest BCUT2D eigenvalue weighted by molar-refractivity contribution is 6.22. The van der Waals surface area contributed by atoms with Crippen LogP contribution in [0.3, 0.4) is 0 Å². The van der Waals surface area contributed by atoms with E-state index in [1.54, 1.807) is 14.2 Å². The largest absolute Gasteiger partial charge is 0.493 e. The molecule has 0 bridgehead atoms. The average molecular weight is 291 g/mol. The van der Waals surface area contributed by atoms with E-state index in [4.69, 9.17) is 21.1 Å². The molecule has 0 N–H and O–H groups in total. The molecule has 0 aliphatic carbocycles. The van der Waals surface area contributed by atoms with Crippen LogP contribution in [0.1, 0.15) is 27.6 Å². The molecule has 106 valence electrons. The summed E-state index contributed by atoms with van der Waals surface area (Å²) < 4.78 is 10.6. The molecule has 0 aliphatic rings. The van der Waals surface area contributed by atoms with Gasteiger partial charge in [-0.15, -0.1) is 11.6 Å². The lowest BCUT2D eigenvalue weighted by Gasteiger charge is -2.16. The third-order valence-electron chi connectivity index (χ3n) is 3.40. The Balaban J connectivity index is 2.40. The number of ether oxygens (including phenoxy) is 2. The van der Waals surface area contributed by atoms with Crippen molar-refractivity contribution < 1.29 is 9.47 Å². The molecule has 2 aromatic carbocycles. The maximum absolute atomic E-state index is 6.62. The normalized spacial score (nSPS) is 12.1. The Hall–Kier alpha value is -1.67. The first kappa shape index (κ1) is 14.7. The molecule has 2 nitrogen and oxygen atoms in total. The third kappa shape index (κ3) is 2.91. The first-order chi connectivity index (χ1) is 9.56. The number of aryl methyl sites for hydroxylation is 2. The van der Waals surface area contributed by atoms with Gasteiger partial charge in [0.1, 0.15) is 0 Å². The molecule has 0 heterocycles. The zero-order valence-electron chi connectivity index (χ0n) is 12.2. The van der Waals surface area contributed by atoms with Crippen molar-refractivity contribution in [3.05, 3.63) is 58.7 Å². The molecule has 3 heteroatoms. The van der Waals surface area contributed by atoms with Crippen LogP contribution in [0.15, 0.2) is 36.4 Å². The number of alkyl halides is 1. The van der Waals surface area contributed by atoms with Crippen molar-refractivity contribution in [1.29, 1.82) is 0 Å². The van der Waals surface area contributed by atoms with Crippen LogP contribution in [-0.2, 0) is 0 Å². The fourth-order valence-electron chi connectivity index (χ4n) is 2.30. The maximum Gasteiger partial charge on any atom is 0.161 e. The number of hydrogen-bond donors (Lipinski definition) is 0. The number of rotatable bonds is 4. The lowest BCUT2D eigenvalue weighted by Crippen LogP contribution is -1.98. The van der Waals surface area contributed by atoms with Gasteiger partial charge in [0, 0.05) is 0 Å². The van der Waals surface area contributed by atoms with E-state index in [-0.39, 0.29) is 5.38 Å². The summed E-state index contributed by atoms with van der Waals surface area (Å²) in [5.74, 6) is 1.40. The van der Waals surface area contributed by atoms with Crippen molar-refractivity contribution in [2.24, 2.45) is 0 Å². The van der Waals surface area contributed by atoms with Gasteiger partial charge in [-0.05, 0) is 42.7 Å². The van der Waals surface area contributed by atoms with Gasteiger partial charge in [-0.1, -0.05) is 29.8 Å². The molecule has 0 fully saturated rings. The number of halogens is 1. The summed E-state index contributed by atoms with van der Waals surface area (Å²) in [6.45, 7) is 4.16. The Morgan fingerprint density at radius 2 is 1.60 bits per heavy atom. The molecule has 0 spiro atoms. The lowest BCUT2D eigenvalue weighted by atomic mass is 9.98. The number of benzene rings is 2. The first-order valence-electron chi connectivity index (χ1n) is 6.50. The molecular weight excluding hydrogens is 272 g/mol. The standard InChI is InChI=1S/C17H19ClO2/c1-11-5-7-14(12(2)9-11)17(18)13-6-8-15(19-3)16(10-13)20-4/h5-10,17H,1-4H3. The highest BCUT2D eigenvalue weighted by Crippen LogP contribution is 2.36. The summed E-state index contributed by atoms with van der Waals surface area (Å²) in [4.78, 5) is 0. The second kappa shape index (κ2) is 6.19. The summed E-state index contributed by atoms with van der Waals surface area (Å²) in [6, 6.07) is 12.1. The summed E-state index contributed by atoms with van der Waals surface area (Å²) in [7, 11) is 3.25. The molecule has 2 aromatic rings. The minimum absolute atomic E-state index is 0.199. The van der Waals surface area contributed by atoms with Gasteiger partial charge in [-0.2, -0.15) is 0 Å². The van der Waals surface area contributed by atoms with E-state index in [9.17, 15) is 0 Å². The molecule has 1 atom stereocenters. The first-order valence-corrected chi connectivity index (χ1v) is 6.93. The predicted octanol–water partition coefficient (Wildman–Crippen LogP) is 4.65. The van der Waals surface area contributed by atoms with Crippen LogP contribution in [0.2, 0.25) is 0 Å². The Kier molecular flexibility index (Phi) is 4.56. The topological polar surface area (TPSA) is 18.5 Å². The fourth-order valence-corrected chi connectivity index (χ4v) is 2.68. The Labute approximate surface area is 125 Å². The van der Waals surface area contributed by atoms with Crippen molar-refractivity contribution in [3.8, 4) is 11.5 Å². The van der Waals surface area contributed by atoms with Crippen molar-refractivity contribution in [2.45, 2.75) is 19.2 Å². The van der Waals surface area contributed by atoms with Crippen LogP contribution in [0.4, 0.5) is 0 Å². The van der Waals surface area contributed by atoms with Crippen molar-refractivity contribution in [3.63, 3.8) is 0 Å². The Morgan fingerprint density at radius 1 is 0.900 bits per heavy atom. The van der Waals surface area contributed by atoms with E-state index in [1.165, 1.54) is 11.1 Å². The van der Waals surface area contributed by atoms with Crippen LogP contribution < -0.4 is 9.47 Å². The van der Waals surface area contributed by atoms with Gasteiger partial charge < -0.3 is 9.47 Å². The number of hydrogen-bond acceptors (Lipinski definition) is 2. The Bertz CT molecular complexity index is 608. The zero-order chi connectivity index (χ0) is 14.7. The summed E-state index contributed by atoms with van der Waals surface area (Å²) in [6.07, 6.45) is 0. The van der Waals surface area contributed by atoms with Gasteiger partial charge in [0.05, 0.1) is 19.6 Å². The van der Waals surface area contributed by atoms with E-state index >= 15 is 0 Å². The smallest absolute Gasteiger partial charge is 0.161 e. The monoisotopic (exact) mass is 290 g/mol. The van der Waals surface area contributed by atoms with Gasteiger partial charge in [-0.25, -0.2) is 0 Å². The second-order valence-electron chi connectivity index (χ2n) is 4.84. The van der Waals surface area contributed by atoms with Crippen LogP contribution in [0.5, 0.6) is 11.5 Å². The molecular formula is C17H19ClO2. The molecule has 1 unspecified atom stereocenters. The SMILES string of the molecule is COc1ccc(C(Cl)c2ccc(C)cc2C)cc1OC. The zero-order valence-corrected chi connectivity index (χ0v) is 13.0. The van der Waals surface area contributed by atoms with E-state index in [0.29, 0.717) is 11.5 Å². The van der Waals surface area contributed by atoms with Crippen LogP contribution in [-0.4, -0.2) is 14.2 Å². The van der Waals surface area contributed by atoms with Gasteiger partial charge in [0.2, 0.25) is 0 Å². The molecule has 20 heavy (non-hydrogen) atoms. The lowest BCUT2D eigenvalue weighted by molar-refractivity contribution is 0.354. The van der Waals surface area contributed by atoms with Crippen LogP contribution in [0.25, 0.3) is 0 Å².